The highest BCUT2D eigenvalue weighted by Gasteiger charge is 2.30. The summed E-state index contributed by atoms with van der Waals surface area (Å²) >= 11 is 0. The Hall–Kier alpha value is -3.97. The van der Waals surface area contributed by atoms with Gasteiger partial charge in [0.2, 0.25) is 0 Å². The van der Waals surface area contributed by atoms with Gasteiger partial charge >= 0.3 is 6.03 Å². The monoisotopic (exact) mass is 553 g/mol. The van der Waals surface area contributed by atoms with Crippen molar-refractivity contribution >= 4 is 22.6 Å². The van der Waals surface area contributed by atoms with Gasteiger partial charge < -0.3 is 15.1 Å². The molecule has 0 bridgehead atoms. The van der Waals surface area contributed by atoms with E-state index >= 15 is 0 Å². The Labute approximate surface area is 243 Å². The molecule has 4 rings (SSSR count). The SMILES string of the molecule is CCC(c1nc2ccccc2c(=O)n1-c1ccccc1)N(CCN(C)C)C(=O)Nc1c(C(C)C)cccc1C(C)C. The number of amides is 2. The number of nitrogens with zero attached hydrogens (tertiary/aromatic N) is 4. The number of carbonyl (C=O) groups is 1. The van der Waals surface area contributed by atoms with Crippen molar-refractivity contribution in [3.63, 3.8) is 0 Å². The molecular formula is C34H43N5O2. The smallest absolute Gasteiger partial charge is 0.313 e. The van der Waals surface area contributed by atoms with E-state index in [0.717, 1.165) is 22.5 Å². The van der Waals surface area contributed by atoms with Crippen molar-refractivity contribution in [3.8, 4) is 5.69 Å². The third kappa shape index (κ3) is 6.51. The Bertz CT molecular complexity index is 1520. The van der Waals surface area contributed by atoms with Crippen LogP contribution >= 0.6 is 0 Å². The summed E-state index contributed by atoms with van der Waals surface area (Å²) in [5.41, 5.74) is 4.29. The first-order valence-electron chi connectivity index (χ1n) is 14.6. The maximum atomic E-state index is 14.3. The zero-order valence-electron chi connectivity index (χ0n) is 25.4. The lowest BCUT2D eigenvalue weighted by atomic mass is 9.92. The van der Waals surface area contributed by atoms with Gasteiger partial charge in [-0.05, 0) is 67.7 Å². The molecule has 2 amide bonds. The highest BCUT2D eigenvalue weighted by molar-refractivity contribution is 5.92. The van der Waals surface area contributed by atoms with Gasteiger partial charge in [-0.3, -0.25) is 9.36 Å². The zero-order chi connectivity index (χ0) is 29.7. The van der Waals surface area contributed by atoms with Crippen LogP contribution in [0.1, 0.15) is 75.9 Å². The number of nitrogens with one attached hydrogen (secondary N) is 1. The lowest BCUT2D eigenvalue weighted by molar-refractivity contribution is 0.173. The van der Waals surface area contributed by atoms with E-state index in [9.17, 15) is 9.59 Å². The molecule has 0 radical (unpaired) electrons. The van der Waals surface area contributed by atoms with Crippen LogP contribution < -0.4 is 10.9 Å². The summed E-state index contributed by atoms with van der Waals surface area (Å²) in [5.74, 6) is 1.04. The van der Waals surface area contributed by atoms with Gasteiger partial charge in [0.1, 0.15) is 5.82 Å². The van der Waals surface area contributed by atoms with Gasteiger partial charge in [-0.2, -0.15) is 0 Å². The molecule has 0 saturated carbocycles. The summed E-state index contributed by atoms with van der Waals surface area (Å²) in [7, 11) is 3.99. The molecule has 41 heavy (non-hydrogen) atoms. The van der Waals surface area contributed by atoms with E-state index < -0.39 is 6.04 Å². The molecule has 0 aliphatic rings. The largest absolute Gasteiger partial charge is 0.322 e. The van der Waals surface area contributed by atoms with Crippen molar-refractivity contribution in [1.29, 1.82) is 0 Å². The van der Waals surface area contributed by atoms with E-state index in [1.165, 1.54) is 0 Å². The molecule has 0 spiro atoms. The Morgan fingerprint density at radius 1 is 0.854 bits per heavy atom. The van der Waals surface area contributed by atoms with E-state index in [1.807, 2.05) is 80.5 Å². The highest BCUT2D eigenvalue weighted by Crippen LogP contribution is 2.34. The number of para-hydroxylation sites is 3. The fraction of sp³-hybridized carbons (Fsp3) is 0.382. The van der Waals surface area contributed by atoms with Crippen molar-refractivity contribution in [2.24, 2.45) is 0 Å². The predicted molar refractivity (Wildman–Crippen MR) is 169 cm³/mol. The highest BCUT2D eigenvalue weighted by atomic mass is 16.2. The number of aromatic nitrogens is 2. The van der Waals surface area contributed by atoms with Crippen molar-refractivity contribution < 1.29 is 4.79 Å². The van der Waals surface area contributed by atoms with Crippen LogP contribution in [0, 0.1) is 0 Å². The van der Waals surface area contributed by atoms with Gasteiger partial charge in [-0.15, -0.1) is 0 Å². The molecule has 7 heteroatoms. The van der Waals surface area contributed by atoms with Gasteiger partial charge in [0.15, 0.2) is 0 Å². The minimum Gasteiger partial charge on any atom is -0.313 e. The maximum absolute atomic E-state index is 14.3. The normalized spacial score (nSPS) is 12.3. The molecule has 3 aromatic carbocycles. The number of fused-ring (bicyclic) bond motifs is 1. The molecule has 0 aliphatic heterocycles. The van der Waals surface area contributed by atoms with Gasteiger partial charge in [-0.25, -0.2) is 9.78 Å². The van der Waals surface area contributed by atoms with Gasteiger partial charge in [-0.1, -0.05) is 83.1 Å². The van der Waals surface area contributed by atoms with E-state index in [1.54, 1.807) is 4.57 Å². The predicted octanol–water partition coefficient (Wildman–Crippen LogP) is 7.18. The number of likely N-dealkylation sites (N-methyl/N-ethyl adjacent to an activating group) is 1. The average molecular weight is 554 g/mol. The Balaban J connectivity index is 1.89. The van der Waals surface area contributed by atoms with Gasteiger partial charge in [0.25, 0.3) is 5.56 Å². The number of rotatable bonds is 10. The molecule has 4 aromatic rings. The molecule has 1 heterocycles. The Morgan fingerprint density at radius 2 is 1.46 bits per heavy atom. The van der Waals surface area contributed by atoms with Crippen molar-refractivity contribution in [3.05, 3.63) is 100 Å². The van der Waals surface area contributed by atoms with Crippen molar-refractivity contribution in [1.82, 2.24) is 19.4 Å². The van der Waals surface area contributed by atoms with Crippen LogP contribution in [-0.4, -0.2) is 52.6 Å². The second kappa shape index (κ2) is 13.1. The fourth-order valence-electron chi connectivity index (χ4n) is 5.32. The first-order valence-corrected chi connectivity index (χ1v) is 14.6. The van der Waals surface area contributed by atoms with Crippen LogP contribution in [0.15, 0.2) is 77.6 Å². The number of hydrogen-bond donors (Lipinski definition) is 1. The summed E-state index contributed by atoms with van der Waals surface area (Å²) in [6, 6.07) is 22.6. The minimum absolute atomic E-state index is 0.143. The van der Waals surface area contributed by atoms with Gasteiger partial charge in [0.05, 0.1) is 22.6 Å². The molecule has 1 aromatic heterocycles. The number of hydrogen-bond acceptors (Lipinski definition) is 4. The van der Waals surface area contributed by atoms with Crippen LogP contribution in [0.25, 0.3) is 16.6 Å². The van der Waals surface area contributed by atoms with E-state index in [4.69, 9.17) is 4.98 Å². The molecule has 1 N–H and O–H groups in total. The van der Waals surface area contributed by atoms with E-state index in [-0.39, 0.29) is 23.4 Å². The number of benzene rings is 3. The van der Waals surface area contributed by atoms with Crippen LogP contribution in [0.5, 0.6) is 0 Å². The molecule has 0 saturated heterocycles. The second-order valence-corrected chi connectivity index (χ2v) is 11.4. The minimum atomic E-state index is -0.443. The Kier molecular flexibility index (Phi) is 9.61. The van der Waals surface area contributed by atoms with Crippen LogP contribution in [0.3, 0.4) is 0 Å². The summed E-state index contributed by atoms with van der Waals surface area (Å²) in [5, 5.41) is 3.86. The van der Waals surface area contributed by atoms with Crippen LogP contribution in [0.4, 0.5) is 10.5 Å². The van der Waals surface area contributed by atoms with Gasteiger partial charge in [0, 0.05) is 18.8 Å². The topological polar surface area (TPSA) is 70.5 Å². The molecule has 7 nitrogen and oxygen atoms in total. The lowest BCUT2D eigenvalue weighted by Crippen LogP contribution is -2.44. The molecule has 0 aliphatic carbocycles. The first-order chi connectivity index (χ1) is 19.6. The molecule has 1 atom stereocenters. The summed E-state index contributed by atoms with van der Waals surface area (Å²) in [4.78, 5) is 37.2. The van der Waals surface area contributed by atoms with Crippen LogP contribution in [-0.2, 0) is 0 Å². The van der Waals surface area contributed by atoms with E-state index in [2.05, 4.69) is 56.1 Å². The third-order valence-corrected chi connectivity index (χ3v) is 7.53. The third-order valence-electron chi connectivity index (χ3n) is 7.53. The number of anilines is 1. The lowest BCUT2D eigenvalue weighted by Gasteiger charge is -2.34. The summed E-state index contributed by atoms with van der Waals surface area (Å²) in [6.45, 7) is 11.7. The quantitative estimate of drug-likeness (QED) is 0.226. The van der Waals surface area contributed by atoms with Crippen molar-refractivity contribution in [2.75, 3.05) is 32.5 Å². The Morgan fingerprint density at radius 3 is 2.05 bits per heavy atom. The molecule has 0 fully saturated rings. The summed E-state index contributed by atoms with van der Waals surface area (Å²) < 4.78 is 1.67. The number of carbonyl (C=O) groups excluding carboxylic acids is 1. The average Bonchev–Trinajstić information content (AvgIpc) is 2.95. The molecule has 1 unspecified atom stereocenters. The molecule has 216 valence electrons. The summed E-state index contributed by atoms with van der Waals surface area (Å²) in [6.07, 6.45) is 0.585. The fourth-order valence-corrected chi connectivity index (χ4v) is 5.32. The first kappa shape index (κ1) is 30.0. The van der Waals surface area contributed by atoms with Crippen LogP contribution in [0.2, 0.25) is 0 Å². The van der Waals surface area contributed by atoms with E-state index in [0.29, 0.717) is 36.2 Å². The van der Waals surface area contributed by atoms with Crippen molar-refractivity contribution in [2.45, 2.75) is 58.9 Å². The second-order valence-electron chi connectivity index (χ2n) is 11.4. The molecular weight excluding hydrogens is 510 g/mol. The standard InChI is InChI=1S/C34H43N5O2/c1-8-30(32-35-29-20-13-12-17-28(29)33(40)39(32)25-15-10-9-11-16-25)38(22-21-37(6)7)34(41)36-31-26(23(2)3)18-14-19-27(31)24(4)5/h9-20,23-24,30H,8,21-22H2,1-7H3,(H,36,41). The zero-order valence-corrected chi connectivity index (χ0v) is 25.4. The number of urea groups is 1. The maximum Gasteiger partial charge on any atom is 0.322 e.